The van der Waals surface area contributed by atoms with Crippen LogP contribution in [0.25, 0.3) is 0 Å². The maximum atomic E-state index is 13.0. The van der Waals surface area contributed by atoms with E-state index in [1.54, 1.807) is 0 Å². The average molecular weight is 280 g/mol. The van der Waals surface area contributed by atoms with Crippen molar-refractivity contribution in [3.63, 3.8) is 0 Å². The van der Waals surface area contributed by atoms with Gasteiger partial charge in [-0.15, -0.1) is 0 Å². The van der Waals surface area contributed by atoms with Gasteiger partial charge in [0.2, 0.25) is 0 Å². The van der Waals surface area contributed by atoms with Crippen molar-refractivity contribution in [2.75, 3.05) is 26.2 Å². The molecule has 0 spiro atoms. The number of halogens is 1. The van der Waals surface area contributed by atoms with E-state index in [1.165, 1.54) is 12.1 Å². The van der Waals surface area contributed by atoms with Gasteiger partial charge in [0.1, 0.15) is 5.82 Å². The summed E-state index contributed by atoms with van der Waals surface area (Å²) in [6.45, 7) is 9.44. The SMILES string of the molecule is CC1(C)CN(C(C)(CN)Cc2ccc(F)cc2)CCO1. The summed E-state index contributed by atoms with van der Waals surface area (Å²) in [6.07, 6.45) is 0.819. The number of nitrogens with two attached hydrogens (primary N) is 1. The number of benzene rings is 1. The molecule has 1 heterocycles. The summed E-state index contributed by atoms with van der Waals surface area (Å²) in [5, 5.41) is 0. The van der Waals surface area contributed by atoms with Crippen LogP contribution >= 0.6 is 0 Å². The first-order chi connectivity index (χ1) is 9.35. The minimum atomic E-state index is -0.198. The Kier molecular flexibility index (Phi) is 4.47. The molecular weight excluding hydrogens is 255 g/mol. The second-order valence-electron chi connectivity index (χ2n) is 6.53. The van der Waals surface area contributed by atoms with Crippen LogP contribution < -0.4 is 5.73 Å². The molecular formula is C16H25FN2O. The molecule has 2 rings (SSSR count). The van der Waals surface area contributed by atoms with Gasteiger partial charge < -0.3 is 10.5 Å². The van der Waals surface area contributed by atoms with E-state index in [0.717, 1.165) is 31.7 Å². The van der Waals surface area contributed by atoms with Crippen LogP contribution in [-0.2, 0) is 11.2 Å². The predicted octanol–water partition coefficient (Wildman–Crippen LogP) is 2.20. The third-order valence-corrected chi connectivity index (χ3v) is 4.13. The molecule has 3 nitrogen and oxygen atoms in total. The summed E-state index contributed by atoms with van der Waals surface area (Å²) in [4.78, 5) is 2.40. The summed E-state index contributed by atoms with van der Waals surface area (Å²) >= 11 is 0. The summed E-state index contributed by atoms with van der Waals surface area (Å²) in [6, 6.07) is 6.70. The zero-order chi connectivity index (χ0) is 14.8. The van der Waals surface area contributed by atoms with Gasteiger partial charge in [0.25, 0.3) is 0 Å². The fourth-order valence-electron chi connectivity index (χ4n) is 2.83. The number of hydrogen-bond donors (Lipinski definition) is 1. The smallest absolute Gasteiger partial charge is 0.123 e. The molecule has 1 fully saturated rings. The van der Waals surface area contributed by atoms with E-state index in [4.69, 9.17) is 10.5 Å². The molecule has 1 aliphatic heterocycles. The summed E-state index contributed by atoms with van der Waals surface area (Å²) < 4.78 is 18.8. The van der Waals surface area contributed by atoms with Gasteiger partial charge in [-0.2, -0.15) is 0 Å². The van der Waals surface area contributed by atoms with Gasteiger partial charge in [0, 0.05) is 25.2 Å². The van der Waals surface area contributed by atoms with Crippen molar-refractivity contribution in [3.8, 4) is 0 Å². The fraction of sp³-hybridized carbons (Fsp3) is 0.625. The average Bonchev–Trinajstić information content (AvgIpc) is 2.40. The highest BCUT2D eigenvalue weighted by atomic mass is 19.1. The van der Waals surface area contributed by atoms with Gasteiger partial charge in [-0.1, -0.05) is 12.1 Å². The maximum absolute atomic E-state index is 13.0. The van der Waals surface area contributed by atoms with Gasteiger partial charge in [0.05, 0.1) is 12.2 Å². The quantitative estimate of drug-likeness (QED) is 0.919. The number of hydrogen-bond acceptors (Lipinski definition) is 3. The van der Waals surface area contributed by atoms with Crippen molar-refractivity contribution in [1.29, 1.82) is 0 Å². The van der Waals surface area contributed by atoms with Crippen LogP contribution in [0.2, 0.25) is 0 Å². The van der Waals surface area contributed by atoms with Crippen LogP contribution in [-0.4, -0.2) is 42.3 Å². The van der Waals surface area contributed by atoms with Gasteiger partial charge >= 0.3 is 0 Å². The molecule has 0 bridgehead atoms. The molecule has 1 unspecified atom stereocenters. The van der Waals surface area contributed by atoms with E-state index in [-0.39, 0.29) is 17.0 Å². The van der Waals surface area contributed by atoms with E-state index in [9.17, 15) is 4.39 Å². The molecule has 20 heavy (non-hydrogen) atoms. The van der Waals surface area contributed by atoms with Gasteiger partial charge in [-0.3, -0.25) is 4.90 Å². The van der Waals surface area contributed by atoms with Crippen molar-refractivity contribution in [3.05, 3.63) is 35.6 Å². The van der Waals surface area contributed by atoms with Crippen LogP contribution in [0.3, 0.4) is 0 Å². The van der Waals surface area contributed by atoms with E-state index in [2.05, 4.69) is 25.7 Å². The Morgan fingerprint density at radius 2 is 2.00 bits per heavy atom. The molecule has 0 radical (unpaired) electrons. The molecule has 1 aromatic rings. The van der Waals surface area contributed by atoms with Gasteiger partial charge in [-0.25, -0.2) is 4.39 Å². The molecule has 4 heteroatoms. The molecule has 0 aliphatic carbocycles. The Labute approximate surface area is 120 Å². The molecule has 0 saturated carbocycles. The molecule has 1 aliphatic rings. The van der Waals surface area contributed by atoms with Gasteiger partial charge in [0.15, 0.2) is 0 Å². The highest BCUT2D eigenvalue weighted by molar-refractivity contribution is 5.19. The van der Waals surface area contributed by atoms with E-state index in [1.807, 2.05) is 12.1 Å². The molecule has 1 aromatic carbocycles. The van der Waals surface area contributed by atoms with Crippen molar-refractivity contribution >= 4 is 0 Å². The highest BCUT2D eigenvalue weighted by Crippen LogP contribution is 2.26. The zero-order valence-electron chi connectivity index (χ0n) is 12.7. The second-order valence-corrected chi connectivity index (χ2v) is 6.53. The number of ether oxygens (including phenoxy) is 1. The Morgan fingerprint density at radius 3 is 2.55 bits per heavy atom. The monoisotopic (exact) mass is 280 g/mol. The Balaban J connectivity index is 2.13. The van der Waals surface area contributed by atoms with E-state index in [0.29, 0.717) is 6.54 Å². The normalized spacial score (nSPS) is 22.4. The Morgan fingerprint density at radius 1 is 1.35 bits per heavy atom. The first kappa shape index (κ1) is 15.4. The van der Waals surface area contributed by atoms with Crippen LogP contribution in [0.4, 0.5) is 4.39 Å². The lowest BCUT2D eigenvalue weighted by Crippen LogP contribution is -2.61. The molecule has 0 amide bonds. The third kappa shape index (κ3) is 3.57. The fourth-order valence-corrected chi connectivity index (χ4v) is 2.83. The molecule has 0 aromatic heterocycles. The largest absolute Gasteiger partial charge is 0.373 e. The number of morpholine rings is 1. The minimum Gasteiger partial charge on any atom is -0.373 e. The third-order valence-electron chi connectivity index (χ3n) is 4.13. The van der Waals surface area contributed by atoms with Crippen molar-refractivity contribution < 1.29 is 9.13 Å². The second kappa shape index (κ2) is 5.80. The lowest BCUT2D eigenvalue weighted by Gasteiger charge is -2.48. The van der Waals surface area contributed by atoms with Crippen LogP contribution in [0.15, 0.2) is 24.3 Å². The standard InChI is InChI=1S/C16H25FN2O/c1-15(2)12-19(8-9-20-15)16(3,11-18)10-13-4-6-14(17)7-5-13/h4-7H,8-12,18H2,1-3H3. The minimum absolute atomic E-state index is 0.126. The van der Waals surface area contributed by atoms with Crippen molar-refractivity contribution in [2.24, 2.45) is 5.73 Å². The van der Waals surface area contributed by atoms with Gasteiger partial charge in [-0.05, 0) is 44.9 Å². The van der Waals surface area contributed by atoms with Crippen LogP contribution in [0.1, 0.15) is 26.3 Å². The summed E-state index contributed by atoms with van der Waals surface area (Å²) in [5.41, 5.74) is 6.89. The topological polar surface area (TPSA) is 38.5 Å². The van der Waals surface area contributed by atoms with Crippen LogP contribution in [0, 0.1) is 5.82 Å². The Hall–Kier alpha value is -0.970. The number of rotatable bonds is 4. The molecule has 1 saturated heterocycles. The summed E-state index contributed by atoms with van der Waals surface area (Å²) in [7, 11) is 0. The van der Waals surface area contributed by atoms with Crippen molar-refractivity contribution in [2.45, 2.75) is 38.3 Å². The first-order valence-electron chi connectivity index (χ1n) is 7.18. The number of nitrogens with zero attached hydrogens (tertiary/aromatic N) is 1. The molecule has 1 atom stereocenters. The molecule has 2 N–H and O–H groups in total. The Bertz CT molecular complexity index is 446. The summed E-state index contributed by atoms with van der Waals surface area (Å²) in [5.74, 6) is -0.198. The van der Waals surface area contributed by atoms with Crippen molar-refractivity contribution in [1.82, 2.24) is 4.90 Å². The first-order valence-corrected chi connectivity index (χ1v) is 7.18. The maximum Gasteiger partial charge on any atom is 0.123 e. The predicted molar refractivity (Wildman–Crippen MR) is 79.2 cm³/mol. The van der Waals surface area contributed by atoms with E-state index >= 15 is 0 Å². The highest BCUT2D eigenvalue weighted by Gasteiger charge is 2.37. The molecule has 112 valence electrons. The van der Waals surface area contributed by atoms with Crippen LogP contribution in [0.5, 0.6) is 0 Å². The lowest BCUT2D eigenvalue weighted by molar-refractivity contribution is -0.112. The lowest BCUT2D eigenvalue weighted by atomic mass is 9.89. The van der Waals surface area contributed by atoms with E-state index < -0.39 is 0 Å². The zero-order valence-corrected chi connectivity index (χ0v) is 12.7.